The van der Waals surface area contributed by atoms with Gasteiger partial charge in [-0.15, -0.1) is 0 Å². The summed E-state index contributed by atoms with van der Waals surface area (Å²) in [5.74, 6) is 2.32. The molecule has 0 spiro atoms. The highest BCUT2D eigenvalue weighted by Crippen LogP contribution is 2.34. The van der Waals surface area contributed by atoms with E-state index < -0.39 is 0 Å². The molecule has 0 radical (unpaired) electrons. The number of likely N-dealkylation sites (tertiary alicyclic amines) is 1. The molecule has 1 unspecified atom stereocenters. The average Bonchev–Trinajstić information content (AvgIpc) is 2.96. The summed E-state index contributed by atoms with van der Waals surface area (Å²) in [6.07, 6.45) is 7.10. The maximum atomic E-state index is 12.2. The Morgan fingerprint density at radius 2 is 2.05 bits per heavy atom. The smallest absolute Gasteiger partial charge is 0.237 e. The van der Waals surface area contributed by atoms with Gasteiger partial charge in [-0.05, 0) is 50.0 Å². The van der Waals surface area contributed by atoms with E-state index in [1.807, 2.05) is 0 Å². The topological polar surface area (TPSA) is 56.1 Å². The second-order valence-electron chi connectivity index (χ2n) is 6.96. The van der Waals surface area contributed by atoms with Gasteiger partial charge in [0.05, 0.1) is 12.6 Å². The van der Waals surface area contributed by atoms with Crippen molar-refractivity contribution in [2.45, 2.75) is 58.4 Å². The van der Waals surface area contributed by atoms with Gasteiger partial charge in [0.15, 0.2) is 0 Å². The minimum atomic E-state index is -0.197. The first-order valence-electron chi connectivity index (χ1n) is 8.53. The minimum Gasteiger partial charge on any atom is -0.326 e. The van der Waals surface area contributed by atoms with Crippen molar-refractivity contribution in [2.24, 2.45) is 17.8 Å². The fourth-order valence-corrected chi connectivity index (χ4v) is 4.03. The molecule has 4 nitrogen and oxygen atoms in total. The summed E-state index contributed by atoms with van der Waals surface area (Å²) >= 11 is 0. The maximum Gasteiger partial charge on any atom is 0.237 e. The van der Waals surface area contributed by atoms with Crippen molar-refractivity contribution in [3.63, 3.8) is 0 Å². The van der Waals surface area contributed by atoms with Gasteiger partial charge in [0.2, 0.25) is 5.91 Å². The van der Waals surface area contributed by atoms with Gasteiger partial charge in [-0.3, -0.25) is 4.79 Å². The Balaban J connectivity index is 1.75. The molecule has 118 valence electrons. The summed E-state index contributed by atoms with van der Waals surface area (Å²) < 4.78 is 0. The van der Waals surface area contributed by atoms with Crippen LogP contribution in [0.1, 0.15) is 52.4 Å². The molecule has 2 aliphatic rings. The van der Waals surface area contributed by atoms with Crippen LogP contribution in [0, 0.1) is 29.1 Å². The molecule has 1 amide bonds. The molecule has 0 aromatic heterocycles. The maximum absolute atomic E-state index is 12.2. The molecule has 4 heteroatoms. The number of hydrogen-bond acceptors (Lipinski definition) is 3. The number of nitrogens with one attached hydrogen (secondary N) is 1. The number of hydrogen-bond donors (Lipinski definition) is 1. The lowest BCUT2D eigenvalue weighted by Crippen LogP contribution is -2.42. The molecule has 1 aliphatic heterocycles. The van der Waals surface area contributed by atoms with E-state index in [0.29, 0.717) is 12.5 Å². The van der Waals surface area contributed by atoms with Gasteiger partial charge in [0.25, 0.3) is 0 Å². The Kier molecular flexibility index (Phi) is 6.05. The predicted molar refractivity (Wildman–Crippen MR) is 83.5 cm³/mol. The van der Waals surface area contributed by atoms with Crippen molar-refractivity contribution in [3.05, 3.63) is 0 Å². The van der Waals surface area contributed by atoms with Gasteiger partial charge in [-0.1, -0.05) is 26.7 Å². The van der Waals surface area contributed by atoms with E-state index in [9.17, 15) is 4.79 Å². The van der Waals surface area contributed by atoms with Crippen LogP contribution in [0.4, 0.5) is 0 Å². The fraction of sp³-hybridized carbons (Fsp3) is 0.882. The standard InChI is InChI=1S/C17H29N3O/c1-13(2)16-8-4-3-6-14(16)11-19-12-17(21)20-9-5-7-15(20)10-18/h13-16,19H,3-9,11-12H2,1-2H3/t14?,15-,16+/m0/s1. The molecule has 0 aromatic carbocycles. The van der Waals surface area contributed by atoms with E-state index in [0.717, 1.165) is 37.8 Å². The lowest BCUT2D eigenvalue weighted by Gasteiger charge is -2.34. The molecule has 1 saturated carbocycles. The Labute approximate surface area is 128 Å². The lowest BCUT2D eigenvalue weighted by molar-refractivity contribution is -0.130. The zero-order valence-electron chi connectivity index (χ0n) is 13.5. The number of nitrogens with zero attached hydrogens (tertiary/aromatic N) is 2. The number of amides is 1. The van der Waals surface area contributed by atoms with Crippen LogP contribution in [0.15, 0.2) is 0 Å². The van der Waals surface area contributed by atoms with Gasteiger partial charge >= 0.3 is 0 Å². The van der Waals surface area contributed by atoms with Gasteiger partial charge in [-0.2, -0.15) is 5.26 Å². The second kappa shape index (κ2) is 7.79. The van der Waals surface area contributed by atoms with Crippen LogP contribution in [0.3, 0.4) is 0 Å². The van der Waals surface area contributed by atoms with E-state index >= 15 is 0 Å². The highest BCUT2D eigenvalue weighted by atomic mass is 16.2. The predicted octanol–water partition coefficient (Wildman–Crippen LogP) is 2.55. The summed E-state index contributed by atoms with van der Waals surface area (Å²) in [5.41, 5.74) is 0. The van der Waals surface area contributed by atoms with Gasteiger partial charge in [-0.25, -0.2) is 0 Å². The van der Waals surface area contributed by atoms with Gasteiger partial charge in [0.1, 0.15) is 6.04 Å². The number of nitriles is 1. The van der Waals surface area contributed by atoms with Gasteiger partial charge in [0, 0.05) is 6.54 Å². The Bertz CT molecular complexity index is 388. The first-order valence-corrected chi connectivity index (χ1v) is 8.53. The molecule has 1 aliphatic carbocycles. The molecule has 3 atom stereocenters. The zero-order chi connectivity index (χ0) is 15.2. The summed E-state index contributed by atoms with van der Waals surface area (Å²) in [6, 6.07) is 2.04. The summed E-state index contributed by atoms with van der Waals surface area (Å²) in [4.78, 5) is 13.9. The average molecular weight is 291 g/mol. The van der Waals surface area contributed by atoms with E-state index in [4.69, 9.17) is 5.26 Å². The normalized spacial score (nSPS) is 29.6. The third-order valence-corrected chi connectivity index (χ3v) is 5.23. The first-order chi connectivity index (χ1) is 10.1. The molecule has 2 fully saturated rings. The SMILES string of the molecule is CC(C)[C@H]1CCCCC1CNCC(=O)N1CCC[C@H]1C#N. The molecule has 0 bridgehead atoms. The summed E-state index contributed by atoms with van der Waals surface area (Å²) in [7, 11) is 0. The van der Waals surface area contributed by atoms with E-state index in [1.165, 1.54) is 25.7 Å². The number of carbonyl (C=O) groups excluding carboxylic acids is 1. The zero-order valence-corrected chi connectivity index (χ0v) is 13.5. The summed E-state index contributed by atoms with van der Waals surface area (Å²) in [5, 5.41) is 12.4. The van der Waals surface area contributed by atoms with Crippen LogP contribution in [-0.4, -0.2) is 36.5 Å². The third kappa shape index (κ3) is 4.20. The van der Waals surface area contributed by atoms with Crippen LogP contribution >= 0.6 is 0 Å². The van der Waals surface area contributed by atoms with E-state index in [-0.39, 0.29) is 11.9 Å². The Morgan fingerprint density at radius 1 is 1.29 bits per heavy atom. The third-order valence-electron chi connectivity index (χ3n) is 5.23. The molecule has 1 heterocycles. The highest BCUT2D eigenvalue weighted by Gasteiger charge is 2.29. The molecular formula is C17H29N3O. The molecule has 2 rings (SSSR count). The van der Waals surface area contributed by atoms with E-state index in [2.05, 4.69) is 25.2 Å². The van der Waals surface area contributed by atoms with Crippen molar-refractivity contribution in [2.75, 3.05) is 19.6 Å². The second-order valence-corrected chi connectivity index (χ2v) is 6.96. The molecular weight excluding hydrogens is 262 g/mol. The van der Waals surface area contributed by atoms with Crippen LogP contribution in [-0.2, 0) is 4.79 Å². The van der Waals surface area contributed by atoms with Crippen LogP contribution in [0.2, 0.25) is 0 Å². The van der Waals surface area contributed by atoms with Gasteiger partial charge < -0.3 is 10.2 Å². The van der Waals surface area contributed by atoms with Crippen molar-refractivity contribution in [1.29, 1.82) is 5.26 Å². The Morgan fingerprint density at radius 3 is 2.76 bits per heavy atom. The van der Waals surface area contributed by atoms with E-state index in [1.54, 1.807) is 4.90 Å². The van der Waals surface area contributed by atoms with Crippen molar-refractivity contribution in [1.82, 2.24) is 10.2 Å². The molecule has 1 N–H and O–H groups in total. The highest BCUT2D eigenvalue weighted by molar-refractivity contribution is 5.79. The first kappa shape index (κ1) is 16.3. The minimum absolute atomic E-state index is 0.0935. The number of rotatable bonds is 5. The largest absolute Gasteiger partial charge is 0.326 e. The van der Waals surface area contributed by atoms with Crippen LogP contribution < -0.4 is 5.32 Å². The quantitative estimate of drug-likeness (QED) is 0.847. The summed E-state index contributed by atoms with van der Waals surface area (Å²) in [6.45, 7) is 6.71. The lowest BCUT2D eigenvalue weighted by atomic mass is 9.73. The number of carbonyl (C=O) groups is 1. The van der Waals surface area contributed by atoms with Crippen molar-refractivity contribution < 1.29 is 4.79 Å². The molecule has 21 heavy (non-hydrogen) atoms. The monoisotopic (exact) mass is 291 g/mol. The molecule has 1 saturated heterocycles. The van der Waals surface area contributed by atoms with Crippen LogP contribution in [0.5, 0.6) is 0 Å². The fourth-order valence-electron chi connectivity index (χ4n) is 4.03. The Hall–Kier alpha value is -1.08. The van der Waals surface area contributed by atoms with Crippen LogP contribution in [0.25, 0.3) is 0 Å². The van der Waals surface area contributed by atoms with Crippen molar-refractivity contribution >= 4 is 5.91 Å². The van der Waals surface area contributed by atoms with Crippen molar-refractivity contribution in [3.8, 4) is 6.07 Å². The molecule has 0 aromatic rings.